The molecule has 0 saturated carbocycles. The van der Waals surface area contributed by atoms with Crippen LogP contribution >= 0.6 is 11.6 Å². The van der Waals surface area contributed by atoms with Gasteiger partial charge in [-0.25, -0.2) is 0 Å². The second kappa shape index (κ2) is 11.1. The zero-order valence-corrected chi connectivity index (χ0v) is 20.9. The normalized spacial score (nSPS) is 16.8. The third-order valence-corrected chi connectivity index (χ3v) is 5.96. The smallest absolute Gasteiger partial charge is 0.452 e. The molecule has 1 aliphatic rings. The first-order valence-electron chi connectivity index (χ1n) is 11.3. The summed E-state index contributed by atoms with van der Waals surface area (Å²) in [5.41, 5.74) is 0.309. The van der Waals surface area contributed by atoms with Gasteiger partial charge in [0.25, 0.3) is 0 Å². The molecule has 2 atom stereocenters. The second-order valence-electron chi connectivity index (χ2n) is 8.17. The van der Waals surface area contributed by atoms with E-state index in [4.69, 9.17) is 30.5 Å². The van der Waals surface area contributed by atoms with Crippen LogP contribution in [0.15, 0.2) is 30.3 Å². The van der Waals surface area contributed by atoms with Gasteiger partial charge in [-0.3, -0.25) is 9.36 Å². The fraction of sp³-hybridized carbons (Fsp3) is 0.375. The third-order valence-electron chi connectivity index (χ3n) is 5.74. The number of ether oxygens (including phenoxy) is 4. The number of aliphatic hydroxyl groups is 1. The van der Waals surface area contributed by atoms with Crippen molar-refractivity contribution in [2.75, 3.05) is 27.4 Å². The first-order chi connectivity index (χ1) is 18.1. The number of fused-ring (bicyclic) bond motifs is 3. The molecule has 2 N–H and O–H groups in total. The number of alkyl halides is 3. The van der Waals surface area contributed by atoms with E-state index in [1.165, 1.54) is 26.4 Å². The van der Waals surface area contributed by atoms with Crippen molar-refractivity contribution in [3.8, 4) is 22.9 Å². The van der Waals surface area contributed by atoms with Gasteiger partial charge in [-0.15, -0.1) is 10.2 Å². The number of carboxylic acid groups (broad SMARTS) is 1. The number of rotatable bonds is 9. The van der Waals surface area contributed by atoms with Gasteiger partial charge in [0.1, 0.15) is 18.0 Å². The Balaban J connectivity index is 2.08. The van der Waals surface area contributed by atoms with Gasteiger partial charge in [0, 0.05) is 35.2 Å². The molecule has 0 aliphatic carbocycles. The summed E-state index contributed by atoms with van der Waals surface area (Å²) in [6.07, 6.45) is -8.16. The predicted molar refractivity (Wildman–Crippen MR) is 126 cm³/mol. The maximum Gasteiger partial charge on any atom is 0.452 e. The summed E-state index contributed by atoms with van der Waals surface area (Å²) in [5, 5.41) is 25.9. The summed E-state index contributed by atoms with van der Waals surface area (Å²) in [6, 6.07) is 7.57. The molecule has 1 aliphatic heterocycles. The number of carboxylic acids is 1. The summed E-state index contributed by atoms with van der Waals surface area (Å²) in [7, 11) is 2.80. The number of nitrogens with zero attached hydrogens (tertiary/aromatic N) is 3. The van der Waals surface area contributed by atoms with E-state index in [0.29, 0.717) is 15.9 Å². The van der Waals surface area contributed by atoms with E-state index in [0.717, 1.165) is 0 Å². The van der Waals surface area contributed by atoms with Crippen LogP contribution < -0.4 is 14.2 Å². The second-order valence-corrected chi connectivity index (χ2v) is 8.60. The molecule has 0 radical (unpaired) electrons. The van der Waals surface area contributed by atoms with Gasteiger partial charge < -0.3 is 29.2 Å². The van der Waals surface area contributed by atoms with Crippen LogP contribution in [0.25, 0.3) is 5.69 Å². The SMILES string of the molecule is COc1cccc([C@H]2O[C@H](CC(=O)O)c3nnc(C(F)(F)F)n3-c3c(OCCCO)cc(Cl)cc32)c1OC. The van der Waals surface area contributed by atoms with Crippen LogP contribution in [-0.2, 0) is 15.7 Å². The van der Waals surface area contributed by atoms with Crippen molar-refractivity contribution >= 4 is 17.6 Å². The molecule has 3 aromatic rings. The Kier molecular flexibility index (Phi) is 7.99. The van der Waals surface area contributed by atoms with Gasteiger partial charge >= 0.3 is 12.1 Å². The zero-order chi connectivity index (χ0) is 27.6. The monoisotopic (exact) mass is 557 g/mol. The van der Waals surface area contributed by atoms with E-state index in [1.807, 2.05) is 0 Å². The maximum absolute atomic E-state index is 14.2. The van der Waals surface area contributed by atoms with E-state index >= 15 is 0 Å². The molecule has 4 rings (SSSR count). The van der Waals surface area contributed by atoms with Gasteiger partial charge in [-0.2, -0.15) is 13.2 Å². The highest BCUT2D eigenvalue weighted by Gasteiger charge is 2.45. The average molecular weight is 558 g/mol. The minimum atomic E-state index is -4.97. The van der Waals surface area contributed by atoms with Crippen molar-refractivity contribution < 1.29 is 47.1 Å². The van der Waals surface area contributed by atoms with Crippen LogP contribution in [0, 0.1) is 0 Å². The third kappa shape index (κ3) is 5.22. The van der Waals surface area contributed by atoms with Crippen LogP contribution in [0.2, 0.25) is 5.02 Å². The fourth-order valence-electron chi connectivity index (χ4n) is 4.25. The minimum Gasteiger partial charge on any atom is -0.493 e. The molecule has 0 unspecified atom stereocenters. The van der Waals surface area contributed by atoms with Crippen LogP contribution in [0.4, 0.5) is 13.2 Å². The van der Waals surface area contributed by atoms with Crippen molar-refractivity contribution in [2.45, 2.75) is 31.2 Å². The van der Waals surface area contributed by atoms with E-state index < -0.39 is 36.6 Å². The van der Waals surface area contributed by atoms with E-state index in [2.05, 4.69) is 10.2 Å². The van der Waals surface area contributed by atoms with Gasteiger partial charge in [-0.05, 0) is 12.1 Å². The summed E-state index contributed by atoms with van der Waals surface area (Å²) in [6.45, 7) is -0.267. The molecule has 0 spiro atoms. The Bertz CT molecular complexity index is 1330. The molecule has 0 saturated heterocycles. The van der Waals surface area contributed by atoms with Gasteiger partial charge in [-0.1, -0.05) is 23.7 Å². The number of para-hydroxylation sites is 1. The maximum atomic E-state index is 14.2. The molecule has 0 amide bonds. The number of halogens is 4. The first kappa shape index (κ1) is 27.5. The molecule has 204 valence electrons. The highest BCUT2D eigenvalue weighted by atomic mass is 35.5. The number of aromatic nitrogens is 3. The molecule has 10 nitrogen and oxygen atoms in total. The lowest BCUT2D eigenvalue weighted by molar-refractivity contribution is -0.146. The van der Waals surface area contributed by atoms with Crippen molar-refractivity contribution in [1.29, 1.82) is 0 Å². The number of hydrogen-bond acceptors (Lipinski definition) is 8. The van der Waals surface area contributed by atoms with Crippen molar-refractivity contribution in [3.05, 3.63) is 58.1 Å². The summed E-state index contributed by atoms with van der Waals surface area (Å²) >= 11 is 6.39. The number of hydrogen-bond donors (Lipinski definition) is 2. The van der Waals surface area contributed by atoms with Gasteiger partial charge in [0.15, 0.2) is 17.3 Å². The summed E-state index contributed by atoms with van der Waals surface area (Å²) < 4.78 is 66.1. The van der Waals surface area contributed by atoms with Crippen LogP contribution in [0.5, 0.6) is 17.2 Å². The predicted octanol–water partition coefficient (Wildman–Crippen LogP) is 4.35. The Labute approximate surface area is 219 Å². The minimum absolute atomic E-state index is 0.0470. The summed E-state index contributed by atoms with van der Waals surface area (Å²) in [4.78, 5) is 11.8. The number of carbonyl (C=O) groups is 1. The molecule has 2 aromatic carbocycles. The van der Waals surface area contributed by atoms with Gasteiger partial charge in [0.05, 0.1) is 32.9 Å². The molecular formula is C24H23ClF3N3O7. The van der Waals surface area contributed by atoms with Crippen molar-refractivity contribution in [3.63, 3.8) is 0 Å². The highest BCUT2D eigenvalue weighted by Crippen LogP contribution is 2.49. The average Bonchev–Trinajstić information content (AvgIpc) is 3.26. The van der Waals surface area contributed by atoms with Crippen molar-refractivity contribution in [2.24, 2.45) is 0 Å². The molecule has 14 heteroatoms. The molecule has 1 aromatic heterocycles. The summed E-state index contributed by atoms with van der Waals surface area (Å²) in [5.74, 6) is -2.67. The molecular weight excluding hydrogens is 535 g/mol. The van der Waals surface area contributed by atoms with E-state index in [1.54, 1.807) is 18.2 Å². The highest BCUT2D eigenvalue weighted by molar-refractivity contribution is 6.30. The number of methoxy groups -OCH3 is 2. The first-order valence-corrected chi connectivity index (χ1v) is 11.7. The van der Waals surface area contributed by atoms with Gasteiger partial charge in [0.2, 0.25) is 5.82 Å². The zero-order valence-electron chi connectivity index (χ0n) is 20.2. The van der Waals surface area contributed by atoms with Crippen molar-refractivity contribution in [1.82, 2.24) is 14.8 Å². The number of benzene rings is 2. The van der Waals surface area contributed by atoms with Crippen LogP contribution in [0.1, 0.15) is 47.8 Å². The Hall–Kier alpha value is -3.55. The molecule has 2 heterocycles. The fourth-order valence-corrected chi connectivity index (χ4v) is 4.47. The lowest BCUT2D eigenvalue weighted by atomic mass is 9.97. The number of aliphatic hydroxyl groups excluding tert-OH is 1. The standard InChI is InChI=1S/C24H23ClF3N3O7/c1-35-15-6-3-5-13(21(15)36-2)20-14-9-12(25)10-16(37-8-4-7-32)19(14)31-22(17(38-20)11-18(33)34)29-30-23(31)24(26,27)28/h3,5-6,9-10,17,20,32H,4,7-8,11H2,1-2H3,(H,33,34)/t17-,20-/m1/s1. The largest absolute Gasteiger partial charge is 0.493 e. The molecule has 0 bridgehead atoms. The van der Waals surface area contributed by atoms with E-state index in [9.17, 15) is 28.2 Å². The Morgan fingerprint density at radius 2 is 1.92 bits per heavy atom. The van der Waals surface area contributed by atoms with Crippen LogP contribution in [-0.4, -0.2) is 58.4 Å². The number of aliphatic carboxylic acids is 1. The lowest BCUT2D eigenvalue weighted by Crippen LogP contribution is -2.18. The Morgan fingerprint density at radius 1 is 1.16 bits per heavy atom. The van der Waals surface area contributed by atoms with Crippen LogP contribution in [0.3, 0.4) is 0 Å². The molecule has 0 fully saturated rings. The topological polar surface area (TPSA) is 125 Å². The lowest BCUT2D eigenvalue weighted by Gasteiger charge is -2.25. The quantitative estimate of drug-likeness (QED) is 0.369. The Morgan fingerprint density at radius 3 is 2.55 bits per heavy atom. The van der Waals surface area contributed by atoms with E-state index in [-0.39, 0.29) is 53.2 Å². The molecule has 38 heavy (non-hydrogen) atoms.